The first-order chi connectivity index (χ1) is 7.75. The highest BCUT2D eigenvalue weighted by Crippen LogP contribution is 2.04. The van der Waals surface area contributed by atoms with Crippen molar-refractivity contribution < 1.29 is 4.79 Å². The molecule has 0 aliphatic rings. The van der Waals surface area contributed by atoms with Crippen molar-refractivity contribution in [3.63, 3.8) is 0 Å². The lowest BCUT2D eigenvalue weighted by atomic mass is 10.1. The summed E-state index contributed by atoms with van der Waals surface area (Å²) in [6.07, 6.45) is 1.99. The van der Waals surface area contributed by atoms with Crippen LogP contribution in [0.3, 0.4) is 0 Å². The number of hydrogen-bond donors (Lipinski definition) is 0. The minimum Gasteiger partial charge on any atom is -0.292 e. The second-order valence-electron chi connectivity index (χ2n) is 3.59. The van der Waals surface area contributed by atoms with Crippen molar-refractivity contribution in [2.24, 2.45) is 0 Å². The van der Waals surface area contributed by atoms with Crippen LogP contribution in [0.2, 0.25) is 0 Å². The van der Waals surface area contributed by atoms with E-state index in [4.69, 9.17) is 0 Å². The lowest BCUT2D eigenvalue weighted by molar-refractivity contribution is 0.0987. The normalized spacial score (nSPS) is 10.1. The first-order valence-electron chi connectivity index (χ1n) is 5.12. The van der Waals surface area contributed by atoms with Crippen molar-refractivity contribution in [3.05, 3.63) is 59.7 Å². The molecule has 0 saturated carbocycles. The Morgan fingerprint density at radius 3 is 2.75 bits per heavy atom. The summed E-state index contributed by atoms with van der Waals surface area (Å²) < 4.78 is 0. The highest BCUT2D eigenvalue weighted by Gasteiger charge is 2.08. The molecule has 0 aliphatic heterocycles. The second kappa shape index (κ2) is 4.66. The predicted molar refractivity (Wildman–Crippen MR) is 61.2 cm³/mol. The molecular weight excluding hydrogens is 200 g/mol. The highest BCUT2D eigenvalue weighted by atomic mass is 16.1. The third-order valence-electron chi connectivity index (χ3n) is 2.24. The number of aromatic nitrogens is 2. The molecule has 0 unspecified atom stereocenters. The molecule has 0 N–H and O–H groups in total. The minimum absolute atomic E-state index is 0.00222. The fourth-order valence-electron chi connectivity index (χ4n) is 1.46. The van der Waals surface area contributed by atoms with Crippen molar-refractivity contribution in [1.82, 2.24) is 9.97 Å². The number of aryl methyl sites for hydroxylation is 1. The van der Waals surface area contributed by atoms with E-state index in [2.05, 4.69) is 9.97 Å². The number of nitrogens with zero attached hydrogens (tertiary/aromatic N) is 2. The van der Waals surface area contributed by atoms with E-state index < -0.39 is 0 Å². The van der Waals surface area contributed by atoms with Gasteiger partial charge in [0.1, 0.15) is 5.69 Å². The second-order valence-corrected chi connectivity index (χ2v) is 3.59. The largest absolute Gasteiger partial charge is 0.292 e. The van der Waals surface area contributed by atoms with Gasteiger partial charge in [-0.15, -0.1) is 0 Å². The molecule has 0 radical (unpaired) electrons. The number of pyridine rings is 2. The molecule has 0 amide bonds. The molecule has 3 heteroatoms. The van der Waals surface area contributed by atoms with Crippen LogP contribution < -0.4 is 0 Å². The molecule has 0 spiro atoms. The van der Waals surface area contributed by atoms with Gasteiger partial charge in [-0.25, -0.2) is 0 Å². The fourth-order valence-corrected chi connectivity index (χ4v) is 1.46. The monoisotopic (exact) mass is 212 g/mol. The van der Waals surface area contributed by atoms with Crippen LogP contribution in [0.1, 0.15) is 21.9 Å². The summed E-state index contributed by atoms with van der Waals surface area (Å²) in [6.45, 7) is 1.87. The number of ketones is 1. The van der Waals surface area contributed by atoms with Crippen LogP contribution in [0, 0.1) is 6.92 Å². The van der Waals surface area contributed by atoms with Gasteiger partial charge in [-0.3, -0.25) is 14.8 Å². The van der Waals surface area contributed by atoms with E-state index in [1.54, 1.807) is 12.3 Å². The van der Waals surface area contributed by atoms with E-state index >= 15 is 0 Å². The maximum absolute atomic E-state index is 11.9. The summed E-state index contributed by atoms with van der Waals surface area (Å²) in [4.78, 5) is 20.2. The van der Waals surface area contributed by atoms with Crippen LogP contribution in [0.4, 0.5) is 0 Å². The van der Waals surface area contributed by atoms with Gasteiger partial charge in [0.2, 0.25) is 0 Å². The van der Waals surface area contributed by atoms with Crippen molar-refractivity contribution in [1.29, 1.82) is 0 Å². The molecule has 0 saturated heterocycles. The standard InChI is InChI=1S/C13H12N2O/c1-10-5-4-7-12(15-10)13(16)9-11-6-2-3-8-14-11/h2-8H,9H2,1H3. The zero-order valence-electron chi connectivity index (χ0n) is 9.05. The molecular formula is C13H12N2O. The van der Waals surface area contributed by atoms with Crippen LogP contribution >= 0.6 is 0 Å². The Bertz CT molecular complexity index is 494. The molecule has 80 valence electrons. The molecule has 0 aliphatic carbocycles. The molecule has 0 atom stereocenters. The summed E-state index contributed by atoms with van der Waals surface area (Å²) in [6, 6.07) is 11.0. The van der Waals surface area contributed by atoms with Gasteiger partial charge in [0.25, 0.3) is 0 Å². The van der Waals surface area contributed by atoms with E-state index in [1.165, 1.54) is 0 Å². The van der Waals surface area contributed by atoms with Crippen molar-refractivity contribution in [2.75, 3.05) is 0 Å². The average molecular weight is 212 g/mol. The average Bonchev–Trinajstić information content (AvgIpc) is 2.30. The van der Waals surface area contributed by atoms with E-state index in [1.807, 2.05) is 37.3 Å². The van der Waals surface area contributed by atoms with Gasteiger partial charge in [0.15, 0.2) is 5.78 Å². The van der Waals surface area contributed by atoms with E-state index in [-0.39, 0.29) is 5.78 Å². The SMILES string of the molecule is Cc1cccc(C(=O)Cc2ccccn2)n1. The summed E-state index contributed by atoms with van der Waals surface area (Å²) in [5, 5.41) is 0. The Morgan fingerprint density at radius 2 is 2.06 bits per heavy atom. The van der Waals surface area contributed by atoms with Gasteiger partial charge in [-0.2, -0.15) is 0 Å². The third kappa shape index (κ3) is 2.51. The summed E-state index contributed by atoms with van der Waals surface area (Å²) >= 11 is 0. The minimum atomic E-state index is 0.00222. The summed E-state index contributed by atoms with van der Waals surface area (Å²) in [5.41, 5.74) is 2.13. The lowest BCUT2D eigenvalue weighted by Crippen LogP contribution is -2.07. The highest BCUT2D eigenvalue weighted by molar-refractivity contribution is 5.95. The number of carbonyl (C=O) groups is 1. The predicted octanol–water partition coefficient (Wildman–Crippen LogP) is 2.21. The van der Waals surface area contributed by atoms with Gasteiger partial charge >= 0.3 is 0 Å². The summed E-state index contributed by atoms with van der Waals surface area (Å²) in [7, 11) is 0. The number of rotatable bonds is 3. The molecule has 2 aromatic heterocycles. The van der Waals surface area contributed by atoms with E-state index in [0.29, 0.717) is 12.1 Å². The number of carbonyl (C=O) groups excluding carboxylic acids is 1. The molecule has 2 rings (SSSR count). The Hall–Kier alpha value is -2.03. The number of Topliss-reactive ketones (excluding diaryl/α,β-unsaturated/α-hetero) is 1. The molecule has 2 aromatic rings. The maximum atomic E-state index is 11.9. The first kappa shape index (κ1) is 10.5. The van der Waals surface area contributed by atoms with Gasteiger partial charge in [0, 0.05) is 17.6 Å². The van der Waals surface area contributed by atoms with Crippen LogP contribution in [0.25, 0.3) is 0 Å². The van der Waals surface area contributed by atoms with Crippen molar-refractivity contribution in [2.45, 2.75) is 13.3 Å². The van der Waals surface area contributed by atoms with Crippen LogP contribution in [-0.2, 0) is 6.42 Å². The van der Waals surface area contributed by atoms with Crippen molar-refractivity contribution in [3.8, 4) is 0 Å². The maximum Gasteiger partial charge on any atom is 0.187 e. The Morgan fingerprint density at radius 1 is 1.19 bits per heavy atom. The Labute approximate surface area is 94.2 Å². The van der Waals surface area contributed by atoms with Gasteiger partial charge in [-0.1, -0.05) is 12.1 Å². The fraction of sp³-hybridized carbons (Fsp3) is 0.154. The van der Waals surface area contributed by atoms with Gasteiger partial charge in [-0.05, 0) is 31.2 Å². The third-order valence-corrected chi connectivity index (χ3v) is 2.24. The Kier molecular flexibility index (Phi) is 3.05. The Balaban J connectivity index is 2.15. The van der Waals surface area contributed by atoms with Crippen LogP contribution in [-0.4, -0.2) is 15.8 Å². The van der Waals surface area contributed by atoms with Gasteiger partial charge < -0.3 is 0 Å². The van der Waals surface area contributed by atoms with Crippen LogP contribution in [0.5, 0.6) is 0 Å². The molecule has 0 aromatic carbocycles. The number of hydrogen-bond acceptors (Lipinski definition) is 3. The van der Waals surface area contributed by atoms with Crippen molar-refractivity contribution >= 4 is 5.78 Å². The van der Waals surface area contributed by atoms with Crippen LogP contribution in [0.15, 0.2) is 42.6 Å². The summed E-state index contributed by atoms with van der Waals surface area (Å²) in [5.74, 6) is 0.00222. The first-order valence-corrected chi connectivity index (χ1v) is 5.12. The molecule has 16 heavy (non-hydrogen) atoms. The molecule has 0 fully saturated rings. The lowest BCUT2D eigenvalue weighted by Gasteiger charge is -2.00. The molecule has 0 bridgehead atoms. The topological polar surface area (TPSA) is 42.9 Å². The molecule has 2 heterocycles. The van der Waals surface area contributed by atoms with Gasteiger partial charge in [0.05, 0.1) is 6.42 Å². The van der Waals surface area contributed by atoms with E-state index in [0.717, 1.165) is 11.4 Å². The quantitative estimate of drug-likeness (QED) is 0.732. The van der Waals surface area contributed by atoms with E-state index in [9.17, 15) is 4.79 Å². The smallest absolute Gasteiger partial charge is 0.187 e. The zero-order valence-corrected chi connectivity index (χ0v) is 9.05. The molecule has 3 nitrogen and oxygen atoms in total. The zero-order chi connectivity index (χ0) is 11.4.